The van der Waals surface area contributed by atoms with Gasteiger partial charge in [-0.3, -0.25) is 0 Å². The van der Waals surface area contributed by atoms with Crippen LogP contribution in [0, 0.1) is 5.41 Å². The summed E-state index contributed by atoms with van der Waals surface area (Å²) in [6.07, 6.45) is 6.09. The van der Waals surface area contributed by atoms with Gasteiger partial charge in [-0.1, -0.05) is 13.8 Å². The van der Waals surface area contributed by atoms with Crippen LogP contribution in [-0.2, 0) is 4.74 Å². The molecule has 0 aromatic rings. The van der Waals surface area contributed by atoms with Crippen LogP contribution in [0.4, 0.5) is 0 Å². The summed E-state index contributed by atoms with van der Waals surface area (Å²) in [6.45, 7) is 6.78. The second kappa shape index (κ2) is 4.19. The van der Waals surface area contributed by atoms with Crippen molar-refractivity contribution in [1.82, 2.24) is 0 Å². The van der Waals surface area contributed by atoms with E-state index < -0.39 is 0 Å². The van der Waals surface area contributed by atoms with E-state index in [0.717, 1.165) is 19.3 Å². The van der Waals surface area contributed by atoms with Crippen molar-refractivity contribution in [2.45, 2.75) is 64.5 Å². The molecule has 1 unspecified atom stereocenters. The van der Waals surface area contributed by atoms with Gasteiger partial charge in [-0.25, -0.2) is 0 Å². The Labute approximate surface area is 88.2 Å². The molecule has 0 aromatic carbocycles. The molecule has 2 N–H and O–H groups in total. The van der Waals surface area contributed by atoms with Gasteiger partial charge >= 0.3 is 0 Å². The average Bonchev–Trinajstić information content (AvgIpc) is 2.11. The summed E-state index contributed by atoms with van der Waals surface area (Å²) in [4.78, 5) is 0. The Kier molecular flexibility index (Phi) is 3.59. The van der Waals surface area contributed by atoms with Crippen molar-refractivity contribution in [2.75, 3.05) is 7.11 Å². The van der Waals surface area contributed by atoms with Crippen LogP contribution in [0.5, 0.6) is 0 Å². The summed E-state index contributed by atoms with van der Waals surface area (Å²) >= 11 is 0. The Morgan fingerprint density at radius 3 is 2.14 bits per heavy atom. The van der Waals surface area contributed by atoms with Gasteiger partial charge in [0.2, 0.25) is 0 Å². The predicted octanol–water partition coefficient (Wildman–Crippen LogP) is 2.71. The molecular formula is C12H25NO. The maximum atomic E-state index is 6.38. The molecule has 2 nitrogen and oxygen atoms in total. The SMILES string of the molecule is COC(C)CC1(N)CCC(C)(C)CC1. The second-order valence-corrected chi connectivity index (χ2v) is 5.78. The second-order valence-electron chi connectivity index (χ2n) is 5.78. The molecule has 0 bridgehead atoms. The molecule has 0 aliphatic heterocycles. The minimum absolute atomic E-state index is 0.0327. The Balaban J connectivity index is 2.45. The van der Waals surface area contributed by atoms with Gasteiger partial charge < -0.3 is 10.5 Å². The van der Waals surface area contributed by atoms with Crippen LogP contribution in [0.3, 0.4) is 0 Å². The Morgan fingerprint density at radius 1 is 1.21 bits per heavy atom. The quantitative estimate of drug-likeness (QED) is 0.758. The highest BCUT2D eigenvalue weighted by atomic mass is 16.5. The summed E-state index contributed by atoms with van der Waals surface area (Å²) in [5.74, 6) is 0. The maximum absolute atomic E-state index is 6.38. The van der Waals surface area contributed by atoms with Gasteiger partial charge in [-0.2, -0.15) is 0 Å². The van der Waals surface area contributed by atoms with Crippen LogP contribution in [0.15, 0.2) is 0 Å². The van der Waals surface area contributed by atoms with Gasteiger partial charge in [0.15, 0.2) is 0 Å². The fraction of sp³-hybridized carbons (Fsp3) is 1.00. The average molecular weight is 199 g/mol. The molecule has 0 radical (unpaired) electrons. The van der Waals surface area contributed by atoms with Crippen molar-refractivity contribution < 1.29 is 4.74 Å². The van der Waals surface area contributed by atoms with Crippen molar-refractivity contribution in [3.63, 3.8) is 0 Å². The van der Waals surface area contributed by atoms with Crippen molar-refractivity contribution in [3.8, 4) is 0 Å². The lowest BCUT2D eigenvalue weighted by Gasteiger charge is -2.42. The third-order valence-corrected chi connectivity index (χ3v) is 3.70. The van der Waals surface area contributed by atoms with Gasteiger partial charge in [0.1, 0.15) is 0 Å². The van der Waals surface area contributed by atoms with Crippen LogP contribution < -0.4 is 5.73 Å². The van der Waals surface area contributed by atoms with Gasteiger partial charge in [-0.05, 0) is 44.4 Å². The fourth-order valence-corrected chi connectivity index (χ4v) is 2.28. The molecule has 0 heterocycles. The molecule has 1 fully saturated rings. The standard InChI is InChI=1S/C12H25NO/c1-10(14-4)9-12(13)7-5-11(2,3)6-8-12/h10H,5-9,13H2,1-4H3. The van der Waals surface area contributed by atoms with Crippen LogP contribution in [-0.4, -0.2) is 18.8 Å². The van der Waals surface area contributed by atoms with E-state index in [1.165, 1.54) is 12.8 Å². The zero-order chi connectivity index (χ0) is 10.8. The summed E-state index contributed by atoms with van der Waals surface area (Å²) in [5, 5.41) is 0. The monoisotopic (exact) mass is 199 g/mol. The third-order valence-electron chi connectivity index (χ3n) is 3.70. The third kappa shape index (κ3) is 3.25. The molecule has 0 aromatic heterocycles. The zero-order valence-corrected chi connectivity index (χ0v) is 10.1. The predicted molar refractivity (Wildman–Crippen MR) is 60.3 cm³/mol. The molecule has 84 valence electrons. The number of hydrogen-bond acceptors (Lipinski definition) is 2. The highest BCUT2D eigenvalue weighted by molar-refractivity contribution is 4.93. The molecule has 0 saturated heterocycles. The smallest absolute Gasteiger partial charge is 0.0560 e. The largest absolute Gasteiger partial charge is 0.382 e. The van der Waals surface area contributed by atoms with Gasteiger partial charge in [0.05, 0.1) is 6.10 Å². The number of ether oxygens (including phenoxy) is 1. The number of methoxy groups -OCH3 is 1. The first-order valence-corrected chi connectivity index (χ1v) is 5.69. The van der Waals surface area contributed by atoms with Crippen LogP contribution >= 0.6 is 0 Å². The van der Waals surface area contributed by atoms with Crippen molar-refractivity contribution in [2.24, 2.45) is 11.1 Å². The number of hydrogen-bond donors (Lipinski definition) is 1. The molecule has 0 spiro atoms. The lowest BCUT2D eigenvalue weighted by molar-refractivity contribution is 0.0631. The van der Waals surface area contributed by atoms with E-state index in [4.69, 9.17) is 10.5 Å². The lowest BCUT2D eigenvalue weighted by Crippen LogP contribution is -2.47. The molecule has 0 amide bonds. The van der Waals surface area contributed by atoms with Crippen LogP contribution in [0.2, 0.25) is 0 Å². The van der Waals surface area contributed by atoms with Crippen LogP contribution in [0.1, 0.15) is 52.9 Å². The van der Waals surface area contributed by atoms with Crippen molar-refractivity contribution in [3.05, 3.63) is 0 Å². The highest BCUT2D eigenvalue weighted by Gasteiger charge is 2.36. The number of nitrogens with two attached hydrogens (primary N) is 1. The summed E-state index contributed by atoms with van der Waals surface area (Å²) < 4.78 is 5.29. The Bertz CT molecular complexity index is 179. The minimum atomic E-state index is 0.0327. The normalized spacial score (nSPS) is 27.2. The Hall–Kier alpha value is -0.0800. The topological polar surface area (TPSA) is 35.2 Å². The van der Waals surface area contributed by atoms with Gasteiger partial charge in [0, 0.05) is 12.6 Å². The minimum Gasteiger partial charge on any atom is -0.382 e. The molecule has 1 rings (SSSR count). The summed E-state index contributed by atoms with van der Waals surface area (Å²) in [5.41, 5.74) is 6.91. The molecule has 1 aliphatic carbocycles. The molecule has 14 heavy (non-hydrogen) atoms. The molecule has 1 saturated carbocycles. The van der Waals surface area contributed by atoms with E-state index in [0.29, 0.717) is 11.5 Å². The molecule has 1 aliphatic rings. The first kappa shape index (κ1) is 12.0. The highest BCUT2D eigenvalue weighted by Crippen LogP contribution is 2.40. The van der Waals surface area contributed by atoms with E-state index in [1.54, 1.807) is 7.11 Å². The van der Waals surface area contributed by atoms with E-state index >= 15 is 0 Å². The lowest BCUT2D eigenvalue weighted by atomic mass is 9.68. The van der Waals surface area contributed by atoms with Crippen molar-refractivity contribution in [1.29, 1.82) is 0 Å². The number of rotatable bonds is 3. The molecule has 2 heteroatoms. The molecule has 1 atom stereocenters. The van der Waals surface area contributed by atoms with Crippen molar-refractivity contribution >= 4 is 0 Å². The van der Waals surface area contributed by atoms with E-state index in [2.05, 4.69) is 20.8 Å². The fourth-order valence-electron chi connectivity index (χ4n) is 2.28. The zero-order valence-electron chi connectivity index (χ0n) is 10.1. The van der Waals surface area contributed by atoms with E-state index in [1.807, 2.05) is 0 Å². The van der Waals surface area contributed by atoms with E-state index in [9.17, 15) is 0 Å². The van der Waals surface area contributed by atoms with E-state index in [-0.39, 0.29) is 5.54 Å². The van der Waals surface area contributed by atoms with Gasteiger partial charge in [-0.15, -0.1) is 0 Å². The summed E-state index contributed by atoms with van der Waals surface area (Å²) in [7, 11) is 1.76. The summed E-state index contributed by atoms with van der Waals surface area (Å²) in [6, 6.07) is 0. The Morgan fingerprint density at radius 2 is 1.71 bits per heavy atom. The first-order valence-electron chi connectivity index (χ1n) is 5.69. The van der Waals surface area contributed by atoms with Gasteiger partial charge in [0.25, 0.3) is 0 Å². The molecular weight excluding hydrogens is 174 g/mol. The first-order chi connectivity index (χ1) is 6.37. The van der Waals surface area contributed by atoms with Crippen LogP contribution in [0.25, 0.3) is 0 Å². The maximum Gasteiger partial charge on any atom is 0.0560 e.